The highest BCUT2D eigenvalue weighted by Crippen LogP contribution is 2.29. The van der Waals surface area contributed by atoms with Crippen LogP contribution in [0.15, 0.2) is 72.8 Å². The fraction of sp³-hybridized carbons (Fsp3) is 0.231. The Balaban J connectivity index is 1.33. The van der Waals surface area contributed by atoms with Crippen molar-refractivity contribution in [2.24, 2.45) is 0 Å². The van der Waals surface area contributed by atoms with Gasteiger partial charge in [-0.3, -0.25) is 14.5 Å². The Morgan fingerprint density at radius 3 is 2.56 bits per heavy atom. The molecule has 2 N–H and O–H groups in total. The van der Waals surface area contributed by atoms with E-state index < -0.39 is 18.0 Å². The van der Waals surface area contributed by atoms with Gasteiger partial charge in [-0.2, -0.15) is 5.48 Å². The van der Waals surface area contributed by atoms with Crippen molar-refractivity contribution < 1.29 is 23.6 Å². The number of carbonyl (C=O) groups excluding carboxylic acids is 2. The zero-order valence-corrected chi connectivity index (χ0v) is 18.8. The van der Waals surface area contributed by atoms with E-state index in [2.05, 4.69) is 10.8 Å². The molecule has 2 amide bonds. The van der Waals surface area contributed by atoms with E-state index in [0.717, 1.165) is 16.7 Å². The molecule has 0 spiro atoms. The molecule has 7 nitrogen and oxygen atoms in total. The van der Waals surface area contributed by atoms with Crippen molar-refractivity contribution in [3.63, 3.8) is 0 Å². The number of hydrogen-bond donors (Lipinski definition) is 2. The summed E-state index contributed by atoms with van der Waals surface area (Å²) in [6, 6.07) is 22.0. The number of hydrogen-bond acceptors (Lipinski definition) is 5. The number of benzene rings is 3. The van der Waals surface area contributed by atoms with E-state index in [9.17, 15) is 14.0 Å². The Kier molecular flexibility index (Phi) is 7.51. The van der Waals surface area contributed by atoms with Crippen LogP contribution in [0.5, 0.6) is 0 Å². The quantitative estimate of drug-likeness (QED) is 0.368. The number of cyclic esters (lactones) is 1. The monoisotopic (exact) mass is 463 g/mol. The molecule has 0 aliphatic carbocycles. The Morgan fingerprint density at radius 1 is 1.09 bits per heavy atom. The van der Waals surface area contributed by atoms with Crippen molar-refractivity contribution in [1.82, 2.24) is 10.8 Å². The first-order chi connectivity index (χ1) is 16.5. The summed E-state index contributed by atoms with van der Waals surface area (Å²) in [5.41, 5.74) is 6.59. The van der Waals surface area contributed by atoms with E-state index in [1.807, 2.05) is 54.6 Å². The van der Waals surface area contributed by atoms with Crippen molar-refractivity contribution in [3.8, 4) is 11.1 Å². The van der Waals surface area contributed by atoms with Gasteiger partial charge in [0.2, 0.25) is 5.91 Å². The molecule has 1 fully saturated rings. The molecule has 8 heteroatoms. The molecule has 34 heavy (non-hydrogen) atoms. The smallest absolute Gasteiger partial charge is 0.414 e. The number of ether oxygens (including phenoxy) is 1. The van der Waals surface area contributed by atoms with Gasteiger partial charge >= 0.3 is 6.09 Å². The number of anilines is 1. The minimum Gasteiger partial charge on any atom is -0.442 e. The minimum absolute atomic E-state index is 0.202. The van der Waals surface area contributed by atoms with Crippen LogP contribution in [0.25, 0.3) is 11.1 Å². The van der Waals surface area contributed by atoms with Crippen LogP contribution in [0.2, 0.25) is 0 Å². The van der Waals surface area contributed by atoms with E-state index in [4.69, 9.17) is 9.57 Å². The van der Waals surface area contributed by atoms with Crippen molar-refractivity contribution in [2.75, 3.05) is 18.0 Å². The van der Waals surface area contributed by atoms with Gasteiger partial charge in [0.05, 0.1) is 25.4 Å². The lowest BCUT2D eigenvalue weighted by Gasteiger charge is -2.15. The van der Waals surface area contributed by atoms with Gasteiger partial charge < -0.3 is 10.1 Å². The normalized spacial score (nSPS) is 15.3. The number of nitrogens with one attached hydrogen (secondary N) is 2. The summed E-state index contributed by atoms with van der Waals surface area (Å²) < 4.78 is 20.2. The Labute approximate surface area is 197 Å². The number of hydroxylamine groups is 1. The summed E-state index contributed by atoms with van der Waals surface area (Å²) in [5, 5.41) is 2.62. The third-order valence-corrected chi connectivity index (χ3v) is 5.44. The summed E-state index contributed by atoms with van der Waals surface area (Å²) in [4.78, 5) is 30.1. The van der Waals surface area contributed by atoms with Gasteiger partial charge in [0.15, 0.2) is 0 Å². The van der Waals surface area contributed by atoms with Gasteiger partial charge in [0, 0.05) is 19.0 Å². The summed E-state index contributed by atoms with van der Waals surface area (Å²) in [7, 11) is 0. The standard InChI is InChI=1S/C26H26FN3O4/c1-18(31)28-15-23-16-30(26(32)34-23)22-11-12-24(25(27)13-22)21-9-7-19(8-10-21)14-29-33-17-20-5-3-2-4-6-20/h2-13,23,29H,14-17H2,1H3,(H,28,31)/t23-/m0/s1. The van der Waals surface area contributed by atoms with Crippen molar-refractivity contribution >= 4 is 17.7 Å². The molecule has 1 atom stereocenters. The highest BCUT2D eigenvalue weighted by molar-refractivity contribution is 5.90. The number of halogens is 1. The van der Waals surface area contributed by atoms with Crippen LogP contribution in [0.3, 0.4) is 0 Å². The SMILES string of the molecule is CC(=O)NC[C@H]1CN(c2ccc(-c3ccc(CNOCc4ccccc4)cc3)c(F)c2)C(=O)O1. The molecule has 1 saturated heterocycles. The summed E-state index contributed by atoms with van der Waals surface area (Å²) in [6.45, 7) is 2.84. The van der Waals surface area contributed by atoms with Gasteiger partial charge in [-0.1, -0.05) is 54.6 Å². The lowest BCUT2D eigenvalue weighted by Crippen LogP contribution is -2.33. The summed E-state index contributed by atoms with van der Waals surface area (Å²) >= 11 is 0. The number of nitrogens with zero attached hydrogens (tertiary/aromatic N) is 1. The van der Waals surface area contributed by atoms with Gasteiger partial charge in [-0.25, -0.2) is 9.18 Å². The van der Waals surface area contributed by atoms with Crippen molar-refractivity contribution in [3.05, 3.63) is 89.7 Å². The third kappa shape index (κ3) is 5.98. The van der Waals surface area contributed by atoms with Crippen molar-refractivity contribution in [1.29, 1.82) is 0 Å². The molecule has 0 unspecified atom stereocenters. The second kappa shape index (κ2) is 10.9. The fourth-order valence-electron chi connectivity index (χ4n) is 3.65. The molecule has 0 saturated carbocycles. The van der Waals surface area contributed by atoms with E-state index >= 15 is 0 Å². The van der Waals surface area contributed by atoms with Gasteiger partial charge in [0.1, 0.15) is 11.9 Å². The average molecular weight is 464 g/mol. The van der Waals surface area contributed by atoms with Gasteiger partial charge in [0.25, 0.3) is 0 Å². The third-order valence-electron chi connectivity index (χ3n) is 5.44. The number of rotatable bonds is 9. The first-order valence-electron chi connectivity index (χ1n) is 11.0. The van der Waals surface area contributed by atoms with E-state index in [-0.39, 0.29) is 19.0 Å². The Bertz CT molecular complexity index is 1140. The van der Waals surface area contributed by atoms with Crippen LogP contribution in [-0.4, -0.2) is 31.2 Å². The predicted octanol–water partition coefficient (Wildman–Crippen LogP) is 4.18. The lowest BCUT2D eigenvalue weighted by molar-refractivity contribution is -0.119. The zero-order valence-electron chi connectivity index (χ0n) is 18.8. The molecule has 4 rings (SSSR count). The molecule has 0 bridgehead atoms. The zero-order chi connectivity index (χ0) is 23.9. The summed E-state index contributed by atoms with van der Waals surface area (Å²) in [6.07, 6.45) is -1.04. The molecule has 3 aromatic carbocycles. The maximum absolute atomic E-state index is 14.9. The molecule has 176 valence electrons. The average Bonchev–Trinajstić information content (AvgIpc) is 3.22. The highest BCUT2D eigenvalue weighted by Gasteiger charge is 2.32. The first-order valence-corrected chi connectivity index (χ1v) is 11.0. The fourth-order valence-corrected chi connectivity index (χ4v) is 3.65. The lowest BCUT2D eigenvalue weighted by atomic mass is 10.0. The molecule has 1 heterocycles. The molecule has 0 radical (unpaired) electrons. The second-order valence-electron chi connectivity index (χ2n) is 8.01. The maximum Gasteiger partial charge on any atom is 0.414 e. The van der Waals surface area contributed by atoms with Crippen LogP contribution in [-0.2, 0) is 27.5 Å². The minimum atomic E-state index is -0.561. The number of carbonyl (C=O) groups is 2. The Morgan fingerprint density at radius 2 is 1.85 bits per heavy atom. The van der Waals surface area contributed by atoms with Gasteiger partial charge in [-0.15, -0.1) is 0 Å². The van der Waals surface area contributed by atoms with Crippen LogP contribution >= 0.6 is 0 Å². The van der Waals surface area contributed by atoms with Crippen LogP contribution in [0.1, 0.15) is 18.1 Å². The first kappa shape index (κ1) is 23.4. The van der Waals surface area contributed by atoms with E-state index in [0.29, 0.717) is 24.4 Å². The molecule has 1 aliphatic rings. The predicted molar refractivity (Wildman–Crippen MR) is 126 cm³/mol. The van der Waals surface area contributed by atoms with Crippen molar-refractivity contribution in [2.45, 2.75) is 26.2 Å². The molecular formula is C26H26FN3O4. The second-order valence-corrected chi connectivity index (χ2v) is 8.01. The largest absolute Gasteiger partial charge is 0.442 e. The topological polar surface area (TPSA) is 79.9 Å². The highest BCUT2D eigenvalue weighted by atomic mass is 19.1. The molecular weight excluding hydrogens is 437 g/mol. The van der Waals surface area contributed by atoms with Crippen LogP contribution in [0, 0.1) is 5.82 Å². The van der Waals surface area contributed by atoms with Crippen LogP contribution in [0.4, 0.5) is 14.9 Å². The van der Waals surface area contributed by atoms with Gasteiger partial charge in [-0.05, 0) is 34.9 Å². The maximum atomic E-state index is 14.9. The summed E-state index contributed by atoms with van der Waals surface area (Å²) in [5.74, 6) is -0.640. The molecule has 1 aliphatic heterocycles. The van der Waals surface area contributed by atoms with Crippen LogP contribution < -0.4 is 15.7 Å². The van der Waals surface area contributed by atoms with E-state index in [1.54, 1.807) is 12.1 Å². The molecule has 0 aromatic heterocycles. The number of amides is 2. The van der Waals surface area contributed by atoms with E-state index in [1.165, 1.54) is 17.9 Å². The Hall–Kier alpha value is -3.75. The molecule has 3 aromatic rings.